The van der Waals surface area contributed by atoms with E-state index in [-0.39, 0.29) is 18.7 Å². The van der Waals surface area contributed by atoms with Crippen molar-refractivity contribution in [2.24, 2.45) is 11.7 Å². The molecule has 2 rings (SSSR count). The van der Waals surface area contributed by atoms with E-state index in [0.717, 1.165) is 17.7 Å². The lowest BCUT2D eigenvalue weighted by molar-refractivity contribution is -0.126. The van der Waals surface area contributed by atoms with Gasteiger partial charge < -0.3 is 15.2 Å². The molecule has 2 unspecified atom stereocenters. The van der Waals surface area contributed by atoms with Crippen LogP contribution in [0.2, 0.25) is 0 Å². The second kappa shape index (κ2) is 6.45. The summed E-state index contributed by atoms with van der Waals surface area (Å²) < 4.78 is 10.8. The van der Waals surface area contributed by atoms with E-state index in [4.69, 9.17) is 15.2 Å². The van der Waals surface area contributed by atoms with Gasteiger partial charge in [0.1, 0.15) is 12.5 Å². The number of anilines is 1. The molecule has 1 aliphatic rings. The summed E-state index contributed by atoms with van der Waals surface area (Å²) in [7, 11) is 1.57. The van der Waals surface area contributed by atoms with Crippen LogP contribution in [0.25, 0.3) is 0 Å². The summed E-state index contributed by atoms with van der Waals surface area (Å²) in [5.74, 6) is 1.11. The maximum Gasteiger partial charge on any atom is 0.269 e. The number of benzene rings is 1. The minimum atomic E-state index is -0.497. The molecule has 1 aromatic rings. The Bertz CT molecular complexity index is 516. The molecule has 0 spiro atoms. The number of carbonyl (C=O) groups excluding carboxylic acids is 1. The summed E-state index contributed by atoms with van der Waals surface area (Å²) in [4.78, 5) is 13.8. The topological polar surface area (TPSA) is 64.8 Å². The summed E-state index contributed by atoms with van der Waals surface area (Å²) >= 11 is 0. The monoisotopic (exact) mass is 292 g/mol. The van der Waals surface area contributed by atoms with E-state index in [1.165, 1.54) is 0 Å². The van der Waals surface area contributed by atoms with Crippen LogP contribution < -0.4 is 15.4 Å². The van der Waals surface area contributed by atoms with E-state index in [1.54, 1.807) is 18.9 Å². The highest BCUT2D eigenvalue weighted by Gasteiger charge is 2.31. The number of rotatable bonds is 5. The number of fused-ring (bicyclic) bond motifs is 1. The first-order chi connectivity index (χ1) is 9.93. The van der Waals surface area contributed by atoms with Crippen molar-refractivity contribution < 1.29 is 14.3 Å². The average molecular weight is 292 g/mol. The lowest BCUT2D eigenvalue weighted by Crippen LogP contribution is -2.45. The Kier molecular flexibility index (Phi) is 4.85. The van der Waals surface area contributed by atoms with Crippen LogP contribution in [0.1, 0.15) is 38.8 Å². The molecule has 0 saturated carbocycles. The fourth-order valence-corrected chi connectivity index (χ4v) is 2.56. The number of nitrogens with two attached hydrogens (primary N) is 1. The lowest BCUT2D eigenvalue weighted by atomic mass is 9.97. The summed E-state index contributed by atoms with van der Waals surface area (Å²) in [6.45, 7) is 6.24. The van der Waals surface area contributed by atoms with Crippen molar-refractivity contribution >= 4 is 11.6 Å². The molecule has 1 aromatic carbocycles. The highest BCUT2D eigenvalue weighted by molar-refractivity contribution is 5.99. The fourth-order valence-electron chi connectivity index (χ4n) is 2.56. The van der Waals surface area contributed by atoms with Crippen LogP contribution in [0.3, 0.4) is 0 Å². The third-order valence-corrected chi connectivity index (χ3v) is 3.60. The van der Waals surface area contributed by atoms with Gasteiger partial charge in [-0.05, 0) is 37.0 Å². The molecule has 5 nitrogen and oxygen atoms in total. The minimum Gasteiger partial charge on any atom is -0.479 e. The highest BCUT2D eigenvalue weighted by atomic mass is 16.5. The molecule has 1 amide bonds. The predicted molar refractivity (Wildman–Crippen MR) is 82.3 cm³/mol. The zero-order valence-corrected chi connectivity index (χ0v) is 13.1. The molecule has 0 aliphatic carbocycles. The van der Waals surface area contributed by atoms with E-state index < -0.39 is 6.10 Å². The van der Waals surface area contributed by atoms with Gasteiger partial charge in [0.25, 0.3) is 5.91 Å². The van der Waals surface area contributed by atoms with Crippen molar-refractivity contribution in [3.05, 3.63) is 23.8 Å². The second-order valence-electron chi connectivity index (χ2n) is 5.91. The molecule has 0 saturated heterocycles. The molecular formula is C16H24N2O3. The number of hydrogen-bond acceptors (Lipinski definition) is 4. The maximum absolute atomic E-state index is 12.2. The van der Waals surface area contributed by atoms with Gasteiger partial charge in [-0.3, -0.25) is 9.69 Å². The van der Waals surface area contributed by atoms with Gasteiger partial charge in [0.2, 0.25) is 0 Å². The van der Waals surface area contributed by atoms with Gasteiger partial charge >= 0.3 is 0 Å². The van der Waals surface area contributed by atoms with Crippen molar-refractivity contribution in [1.29, 1.82) is 0 Å². The zero-order valence-electron chi connectivity index (χ0n) is 13.1. The average Bonchev–Trinajstić information content (AvgIpc) is 2.42. The van der Waals surface area contributed by atoms with E-state index in [9.17, 15) is 4.79 Å². The van der Waals surface area contributed by atoms with Crippen molar-refractivity contribution in [3.63, 3.8) is 0 Å². The minimum absolute atomic E-state index is 0.0471. The Balaban J connectivity index is 2.34. The molecule has 0 radical (unpaired) electrons. The molecule has 21 heavy (non-hydrogen) atoms. The molecule has 1 heterocycles. The fraction of sp³-hybridized carbons (Fsp3) is 0.562. The number of nitrogens with zero attached hydrogens (tertiary/aromatic N) is 1. The second-order valence-corrected chi connectivity index (χ2v) is 5.91. The van der Waals surface area contributed by atoms with Crippen LogP contribution in [0.15, 0.2) is 18.2 Å². The molecular weight excluding hydrogens is 268 g/mol. The SMILES string of the molecule is COCN1C(=O)C(C)Oc2ccc(C(N)CC(C)C)cc21. The van der Waals surface area contributed by atoms with Gasteiger partial charge in [-0.2, -0.15) is 0 Å². The largest absolute Gasteiger partial charge is 0.479 e. The van der Waals surface area contributed by atoms with Gasteiger partial charge in [0.15, 0.2) is 6.10 Å². The first-order valence-electron chi connectivity index (χ1n) is 7.30. The van der Waals surface area contributed by atoms with Gasteiger partial charge in [0, 0.05) is 13.2 Å². The summed E-state index contributed by atoms with van der Waals surface area (Å²) in [6.07, 6.45) is 0.400. The third kappa shape index (κ3) is 3.36. The predicted octanol–water partition coefficient (Wildman–Crippen LogP) is 2.45. The summed E-state index contributed by atoms with van der Waals surface area (Å²) in [5, 5.41) is 0. The van der Waals surface area contributed by atoms with Gasteiger partial charge in [-0.1, -0.05) is 19.9 Å². The molecule has 5 heteroatoms. The van der Waals surface area contributed by atoms with Crippen LogP contribution in [-0.2, 0) is 9.53 Å². The number of hydrogen-bond donors (Lipinski definition) is 1. The molecule has 1 aliphatic heterocycles. The molecule has 0 bridgehead atoms. The quantitative estimate of drug-likeness (QED) is 0.905. The van der Waals surface area contributed by atoms with E-state index in [2.05, 4.69) is 13.8 Å². The van der Waals surface area contributed by atoms with Crippen LogP contribution in [0.5, 0.6) is 5.75 Å². The van der Waals surface area contributed by atoms with Gasteiger partial charge in [-0.25, -0.2) is 0 Å². The Hall–Kier alpha value is -1.59. The summed E-state index contributed by atoms with van der Waals surface area (Å²) in [5.41, 5.74) is 7.98. The van der Waals surface area contributed by atoms with Crippen molar-refractivity contribution in [3.8, 4) is 5.75 Å². The molecule has 2 atom stereocenters. The lowest BCUT2D eigenvalue weighted by Gasteiger charge is -2.33. The number of carbonyl (C=O) groups is 1. The Labute approximate surface area is 126 Å². The Morgan fingerprint density at radius 3 is 2.76 bits per heavy atom. The Morgan fingerprint density at radius 1 is 1.43 bits per heavy atom. The van der Waals surface area contributed by atoms with Crippen LogP contribution in [0, 0.1) is 5.92 Å². The number of ether oxygens (including phenoxy) is 2. The van der Waals surface area contributed by atoms with Crippen LogP contribution in [-0.4, -0.2) is 25.9 Å². The van der Waals surface area contributed by atoms with Crippen molar-refractivity contribution in [2.45, 2.75) is 39.3 Å². The molecule has 2 N–H and O–H groups in total. The summed E-state index contributed by atoms with van der Waals surface area (Å²) in [6, 6.07) is 5.75. The standard InChI is InChI=1S/C16H24N2O3/c1-10(2)7-13(17)12-5-6-15-14(8-12)18(9-20-4)16(19)11(3)21-15/h5-6,8,10-11,13H,7,9,17H2,1-4H3. The number of amides is 1. The van der Waals surface area contributed by atoms with Gasteiger partial charge in [-0.15, -0.1) is 0 Å². The highest BCUT2D eigenvalue weighted by Crippen LogP contribution is 2.36. The van der Waals surface area contributed by atoms with E-state index in [0.29, 0.717) is 11.7 Å². The smallest absolute Gasteiger partial charge is 0.269 e. The van der Waals surface area contributed by atoms with E-state index >= 15 is 0 Å². The van der Waals surface area contributed by atoms with Crippen LogP contribution in [0.4, 0.5) is 5.69 Å². The van der Waals surface area contributed by atoms with Crippen molar-refractivity contribution in [1.82, 2.24) is 0 Å². The van der Waals surface area contributed by atoms with Gasteiger partial charge in [0.05, 0.1) is 5.69 Å². The number of methoxy groups -OCH3 is 1. The van der Waals surface area contributed by atoms with E-state index in [1.807, 2.05) is 18.2 Å². The third-order valence-electron chi connectivity index (χ3n) is 3.60. The molecule has 116 valence electrons. The normalized spacial score (nSPS) is 19.4. The van der Waals surface area contributed by atoms with Crippen LogP contribution >= 0.6 is 0 Å². The zero-order chi connectivity index (χ0) is 15.6. The molecule has 0 aromatic heterocycles. The first-order valence-corrected chi connectivity index (χ1v) is 7.30. The molecule has 0 fully saturated rings. The maximum atomic E-state index is 12.2. The van der Waals surface area contributed by atoms with Crippen molar-refractivity contribution in [2.75, 3.05) is 18.7 Å². The Morgan fingerprint density at radius 2 is 2.14 bits per heavy atom. The first kappa shape index (κ1) is 15.8.